The molecule has 0 spiro atoms. The quantitative estimate of drug-likeness (QED) is 0.171. The van der Waals surface area contributed by atoms with Gasteiger partial charge in [0.25, 0.3) is 0 Å². The van der Waals surface area contributed by atoms with Gasteiger partial charge in [-0.2, -0.15) is 0 Å². The van der Waals surface area contributed by atoms with Crippen molar-refractivity contribution in [2.75, 3.05) is 4.90 Å². The Hall–Kier alpha value is -6.48. The highest BCUT2D eigenvalue weighted by Crippen LogP contribution is 2.51. The van der Waals surface area contributed by atoms with Gasteiger partial charge in [-0.1, -0.05) is 147 Å². The summed E-state index contributed by atoms with van der Waals surface area (Å²) in [5.74, 6) is 0. The average Bonchev–Trinajstić information content (AvgIpc) is 3.74. The van der Waals surface area contributed by atoms with Crippen molar-refractivity contribution in [2.24, 2.45) is 0 Å². The van der Waals surface area contributed by atoms with E-state index in [-0.39, 0.29) is 5.41 Å². The number of hydrogen-bond donors (Lipinski definition) is 0. The number of fused-ring (bicyclic) bond motifs is 9. The van der Waals surface area contributed by atoms with Crippen LogP contribution in [0.25, 0.3) is 75.1 Å². The van der Waals surface area contributed by atoms with Crippen LogP contribution in [-0.4, -0.2) is 0 Å². The van der Waals surface area contributed by atoms with Crippen LogP contribution in [0.1, 0.15) is 25.0 Å². The zero-order valence-corrected chi connectivity index (χ0v) is 31.6. The molecule has 0 saturated carbocycles. The third-order valence-electron chi connectivity index (χ3n) is 11.8. The molecule has 2 heteroatoms. The molecule has 1 aliphatic rings. The summed E-state index contributed by atoms with van der Waals surface area (Å²) < 4.78 is 2.68. The Kier molecular flexibility index (Phi) is 7.14. The Labute approximate surface area is 325 Å². The summed E-state index contributed by atoms with van der Waals surface area (Å²) in [6.45, 7) is 4.72. The highest BCUT2D eigenvalue weighted by Gasteiger charge is 2.35. The minimum atomic E-state index is -0.0951. The maximum Gasteiger partial charge on any atom is 0.0465 e. The molecule has 0 aliphatic heterocycles. The monoisotopic (exact) mass is 719 g/mol. The molecule has 11 rings (SSSR count). The fraction of sp³-hybridized carbons (Fsp3) is 0.0566. The minimum Gasteiger partial charge on any atom is -0.310 e. The molecule has 0 amide bonds. The molecule has 1 aliphatic carbocycles. The molecule has 1 heterocycles. The molecule has 10 aromatic rings. The first-order chi connectivity index (χ1) is 27.0. The van der Waals surface area contributed by atoms with Gasteiger partial charge in [0.1, 0.15) is 0 Å². The first-order valence-corrected chi connectivity index (χ1v) is 19.9. The van der Waals surface area contributed by atoms with Gasteiger partial charge in [0, 0.05) is 42.6 Å². The topological polar surface area (TPSA) is 3.24 Å². The van der Waals surface area contributed by atoms with E-state index < -0.39 is 0 Å². The lowest BCUT2D eigenvalue weighted by atomic mass is 9.82. The maximum absolute atomic E-state index is 2.42. The first kappa shape index (κ1) is 32.0. The Morgan fingerprint density at radius 1 is 0.400 bits per heavy atom. The lowest BCUT2D eigenvalue weighted by molar-refractivity contribution is 0.660. The molecule has 0 radical (unpaired) electrons. The average molecular weight is 720 g/mol. The Morgan fingerprint density at radius 2 is 1.00 bits per heavy atom. The Bertz CT molecular complexity index is 3110. The number of rotatable bonds is 5. The zero-order chi connectivity index (χ0) is 36.7. The fourth-order valence-corrected chi connectivity index (χ4v) is 10.3. The molecule has 260 valence electrons. The summed E-state index contributed by atoms with van der Waals surface area (Å²) in [5, 5.41) is 7.77. The molecular formula is C53H37NS. The predicted octanol–water partition coefficient (Wildman–Crippen LogP) is 15.5. The molecule has 0 bridgehead atoms. The van der Waals surface area contributed by atoms with E-state index >= 15 is 0 Å². The normalized spacial score (nSPS) is 13.1. The second-order valence-electron chi connectivity index (χ2n) is 15.3. The molecule has 1 aromatic heterocycles. The number of nitrogens with zero attached hydrogens (tertiary/aromatic N) is 1. The number of benzene rings is 9. The molecule has 0 atom stereocenters. The van der Waals surface area contributed by atoms with Crippen molar-refractivity contribution in [3.8, 4) is 33.4 Å². The number of hydrogen-bond acceptors (Lipinski definition) is 2. The van der Waals surface area contributed by atoms with Crippen molar-refractivity contribution < 1.29 is 0 Å². The SMILES string of the molecule is CC1(C)c2ccccc2-c2ccc(N(c3ccc(-c4ccc5ccccc5c4)cc3)c3ccc(-c4cc5ccccc5c5sc6ccccc6c45)cc3)cc21. The molecule has 0 N–H and O–H groups in total. The van der Waals surface area contributed by atoms with Crippen LogP contribution in [-0.2, 0) is 5.41 Å². The van der Waals surface area contributed by atoms with Crippen molar-refractivity contribution in [1.82, 2.24) is 0 Å². The van der Waals surface area contributed by atoms with Crippen LogP contribution in [0.2, 0.25) is 0 Å². The van der Waals surface area contributed by atoms with Crippen molar-refractivity contribution in [2.45, 2.75) is 19.3 Å². The van der Waals surface area contributed by atoms with Crippen LogP contribution < -0.4 is 4.90 Å². The van der Waals surface area contributed by atoms with E-state index in [0.29, 0.717) is 0 Å². The Balaban J connectivity index is 1.05. The van der Waals surface area contributed by atoms with E-state index in [4.69, 9.17) is 0 Å². The van der Waals surface area contributed by atoms with E-state index in [2.05, 4.69) is 207 Å². The molecule has 1 nitrogen and oxygen atoms in total. The highest BCUT2D eigenvalue weighted by atomic mass is 32.1. The smallest absolute Gasteiger partial charge is 0.0465 e. The van der Waals surface area contributed by atoms with Crippen LogP contribution in [0.5, 0.6) is 0 Å². The fourth-order valence-electron chi connectivity index (χ4n) is 9.03. The second-order valence-corrected chi connectivity index (χ2v) is 16.4. The maximum atomic E-state index is 2.42. The van der Waals surface area contributed by atoms with Gasteiger partial charge < -0.3 is 4.90 Å². The largest absolute Gasteiger partial charge is 0.310 e. The predicted molar refractivity (Wildman–Crippen MR) is 237 cm³/mol. The first-order valence-electron chi connectivity index (χ1n) is 19.1. The van der Waals surface area contributed by atoms with Crippen LogP contribution in [0.4, 0.5) is 17.1 Å². The third-order valence-corrected chi connectivity index (χ3v) is 13.0. The van der Waals surface area contributed by atoms with E-state index in [9.17, 15) is 0 Å². The lowest BCUT2D eigenvalue weighted by Gasteiger charge is -2.28. The summed E-state index contributed by atoms with van der Waals surface area (Å²) >= 11 is 1.90. The molecule has 0 unspecified atom stereocenters. The van der Waals surface area contributed by atoms with Crippen molar-refractivity contribution in [3.05, 3.63) is 199 Å². The molecule has 0 saturated heterocycles. The standard InChI is InChI=1S/C53H37NS/c1-53(2)48-17-9-7-15-44(48)45-30-29-42(33-49(45)53)54(40-25-21-35(22-26-40)38-20-19-34-11-3-4-12-37(34)31-38)41-27-23-36(24-28-41)47-32-39-13-5-6-14-43(39)52-51(47)46-16-8-10-18-50(46)55-52/h3-33H,1-2H3. The van der Waals surface area contributed by atoms with Crippen molar-refractivity contribution >= 4 is 70.1 Å². The van der Waals surface area contributed by atoms with Gasteiger partial charge in [0.15, 0.2) is 0 Å². The van der Waals surface area contributed by atoms with Gasteiger partial charge in [-0.15, -0.1) is 11.3 Å². The van der Waals surface area contributed by atoms with E-state index in [0.717, 1.165) is 17.1 Å². The highest BCUT2D eigenvalue weighted by molar-refractivity contribution is 7.26. The second kappa shape index (κ2) is 12.3. The molecule has 9 aromatic carbocycles. The summed E-state index contributed by atoms with van der Waals surface area (Å²) in [7, 11) is 0. The molecule has 0 fully saturated rings. The van der Waals surface area contributed by atoms with E-state index in [1.54, 1.807) is 0 Å². The van der Waals surface area contributed by atoms with E-state index in [1.807, 2.05) is 11.3 Å². The lowest BCUT2D eigenvalue weighted by Crippen LogP contribution is -2.16. The molecule has 55 heavy (non-hydrogen) atoms. The van der Waals surface area contributed by atoms with Gasteiger partial charge in [0.2, 0.25) is 0 Å². The minimum absolute atomic E-state index is 0.0951. The van der Waals surface area contributed by atoms with Gasteiger partial charge in [-0.25, -0.2) is 0 Å². The van der Waals surface area contributed by atoms with Crippen LogP contribution in [0.3, 0.4) is 0 Å². The van der Waals surface area contributed by atoms with E-state index in [1.165, 1.54) is 86.2 Å². The Morgan fingerprint density at radius 3 is 1.80 bits per heavy atom. The molecular weight excluding hydrogens is 683 g/mol. The number of anilines is 3. The van der Waals surface area contributed by atoms with Crippen LogP contribution >= 0.6 is 11.3 Å². The van der Waals surface area contributed by atoms with Gasteiger partial charge in [-0.3, -0.25) is 0 Å². The number of thiophene rings is 1. The van der Waals surface area contributed by atoms with Gasteiger partial charge in [-0.05, 0) is 121 Å². The summed E-state index contributed by atoms with van der Waals surface area (Å²) in [6, 6.07) is 69.6. The van der Waals surface area contributed by atoms with Crippen LogP contribution in [0, 0.1) is 0 Å². The summed E-state index contributed by atoms with van der Waals surface area (Å²) in [4.78, 5) is 2.42. The van der Waals surface area contributed by atoms with Gasteiger partial charge >= 0.3 is 0 Å². The zero-order valence-electron chi connectivity index (χ0n) is 30.8. The summed E-state index contributed by atoms with van der Waals surface area (Å²) in [5.41, 5.74) is 13.7. The van der Waals surface area contributed by atoms with Crippen molar-refractivity contribution in [1.29, 1.82) is 0 Å². The van der Waals surface area contributed by atoms with Crippen LogP contribution in [0.15, 0.2) is 188 Å². The van der Waals surface area contributed by atoms with Gasteiger partial charge in [0.05, 0.1) is 0 Å². The van der Waals surface area contributed by atoms with Crippen molar-refractivity contribution in [3.63, 3.8) is 0 Å². The summed E-state index contributed by atoms with van der Waals surface area (Å²) in [6.07, 6.45) is 0. The third kappa shape index (κ3) is 5.06.